The second kappa shape index (κ2) is 6.69. The van der Waals surface area contributed by atoms with E-state index in [0.717, 1.165) is 9.20 Å². The van der Waals surface area contributed by atoms with Crippen LogP contribution in [-0.4, -0.2) is 31.4 Å². The van der Waals surface area contributed by atoms with E-state index in [4.69, 9.17) is 0 Å². The fourth-order valence-corrected chi connectivity index (χ4v) is 4.58. The normalized spacial score (nSPS) is 11.7. The highest BCUT2D eigenvalue weighted by Crippen LogP contribution is 2.33. The topological polar surface area (TPSA) is 79.6 Å². The van der Waals surface area contributed by atoms with Crippen molar-refractivity contribution in [3.05, 3.63) is 58.9 Å². The van der Waals surface area contributed by atoms with Gasteiger partial charge in [-0.3, -0.25) is 9.10 Å². The number of fused-ring (bicyclic) bond motifs is 1. The molecule has 3 rings (SSSR count). The van der Waals surface area contributed by atoms with E-state index in [1.165, 1.54) is 30.4 Å². The lowest BCUT2D eigenvalue weighted by molar-refractivity contribution is 0.460. The number of sulfonamides is 1. The number of rotatable bonds is 4. The molecular weight excluding hydrogens is 372 g/mol. The van der Waals surface area contributed by atoms with Gasteiger partial charge >= 0.3 is 0 Å². The molecule has 8 heteroatoms. The minimum absolute atomic E-state index is 0.319. The number of hydrogen-bond acceptors (Lipinski definition) is 5. The number of hydrogen-bond donors (Lipinski definition) is 1. The highest BCUT2D eigenvalue weighted by Gasteiger charge is 2.30. The number of nitrogens with zero attached hydrogens (tertiary/aromatic N) is 2. The monoisotopic (exact) mass is 390 g/mol. The Morgan fingerprint density at radius 1 is 1.12 bits per heavy atom. The quantitative estimate of drug-likeness (QED) is 0.693. The Bertz CT molecular complexity index is 1140. The van der Waals surface area contributed by atoms with Crippen LogP contribution in [-0.2, 0) is 17.1 Å². The molecule has 2 aromatic carbocycles. The Labute approximate surface area is 155 Å². The fourth-order valence-electron chi connectivity index (χ4n) is 2.76. The Hall–Kier alpha value is -2.45. The van der Waals surface area contributed by atoms with Crippen LogP contribution in [0.5, 0.6) is 5.75 Å². The summed E-state index contributed by atoms with van der Waals surface area (Å²) in [6, 6.07) is 13.6. The standard InChI is InChI=1S/C18H18N2O4S2/c1-19-15-10-9-13(25-3)11-14(15)16(21)17(18(19)22)26(23,24)20(2)12-7-5-4-6-8-12/h4-11,21H,1-3H3. The van der Waals surface area contributed by atoms with Crippen LogP contribution in [0.1, 0.15) is 0 Å². The van der Waals surface area contributed by atoms with Gasteiger partial charge in [0, 0.05) is 24.4 Å². The number of benzene rings is 2. The van der Waals surface area contributed by atoms with E-state index in [-0.39, 0.29) is 0 Å². The first-order valence-corrected chi connectivity index (χ1v) is 10.4. The molecular formula is C18H18N2O4S2. The lowest BCUT2D eigenvalue weighted by Crippen LogP contribution is -2.33. The smallest absolute Gasteiger partial charge is 0.275 e. The third kappa shape index (κ3) is 2.85. The number of pyridine rings is 1. The molecule has 0 fully saturated rings. The molecule has 0 unspecified atom stereocenters. The van der Waals surface area contributed by atoms with Crippen molar-refractivity contribution in [3.63, 3.8) is 0 Å². The first-order chi connectivity index (χ1) is 12.3. The van der Waals surface area contributed by atoms with Gasteiger partial charge in [0.05, 0.1) is 11.2 Å². The van der Waals surface area contributed by atoms with Gasteiger partial charge in [0.2, 0.25) is 0 Å². The zero-order valence-electron chi connectivity index (χ0n) is 14.5. The summed E-state index contributed by atoms with van der Waals surface area (Å²) < 4.78 is 28.4. The molecule has 0 aliphatic heterocycles. The number of aryl methyl sites for hydroxylation is 1. The molecule has 0 radical (unpaired) electrons. The van der Waals surface area contributed by atoms with Gasteiger partial charge in [-0.2, -0.15) is 0 Å². The summed E-state index contributed by atoms with van der Waals surface area (Å²) in [6.45, 7) is 0. The maximum absolute atomic E-state index is 13.1. The average molecular weight is 390 g/mol. The van der Waals surface area contributed by atoms with Gasteiger partial charge in [-0.25, -0.2) is 8.42 Å². The van der Waals surface area contributed by atoms with Crippen molar-refractivity contribution in [2.24, 2.45) is 7.05 Å². The van der Waals surface area contributed by atoms with Crippen molar-refractivity contribution in [3.8, 4) is 5.75 Å². The summed E-state index contributed by atoms with van der Waals surface area (Å²) in [5, 5.41) is 11.0. The Kier molecular flexibility index (Phi) is 4.72. The second-order valence-corrected chi connectivity index (χ2v) is 8.52. The zero-order valence-corrected chi connectivity index (χ0v) is 16.1. The van der Waals surface area contributed by atoms with Gasteiger partial charge in [0.25, 0.3) is 15.6 Å². The van der Waals surface area contributed by atoms with E-state index < -0.39 is 26.2 Å². The predicted octanol–water partition coefficient (Wildman–Crippen LogP) is 2.79. The minimum atomic E-state index is -4.24. The van der Waals surface area contributed by atoms with Gasteiger partial charge in [-0.15, -0.1) is 11.8 Å². The number of anilines is 1. The summed E-state index contributed by atoms with van der Waals surface area (Å²) in [5.41, 5.74) is 0.0909. The van der Waals surface area contributed by atoms with Gasteiger partial charge in [0.15, 0.2) is 10.6 Å². The Balaban J connectivity index is 2.32. The van der Waals surface area contributed by atoms with Crippen molar-refractivity contribution in [2.45, 2.75) is 9.79 Å². The molecule has 0 bridgehead atoms. The van der Waals surface area contributed by atoms with E-state index in [2.05, 4.69) is 0 Å². The minimum Gasteiger partial charge on any atom is -0.506 e. The molecule has 6 nitrogen and oxygen atoms in total. The maximum atomic E-state index is 13.1. The molecule has 0 saturated heterocycles. The number of para-hydroxylation sites is 1. The van der Waals surface area contributed by atoms with Crippen LogP contribution in [0.25, 0.3) is 10.9 Å². The van der Waals surface area contributed by atoms with Crippen LogP contribution in [0.3, 0.4) is 0 Å². The van der Waals surface area contributed by atoms with E-state index in [0.29, 0.717) is 16.6 Å². The van der Waals surface area contributed by atoms with E-state index >= 15 is 0 Å². The Morgan fingerprint density at radius 2 is 1.77 bits per heavy atom. The highest BCUT2D eigenvalue weighted by molar-refractivity contribution is 7.98. The SMILES string of the molecule is CSc1ccc2c(c1)c(O)c(S(=O)(=O)N(C)c1ccccc1)c(=O)n2C. The highest BCUT2D eigenvalue weighted by atomic mass is 32.2. The first kappa shape index (κ1) is 18.3. The lowest BCUT2D eigenvalue weighted by Gasteiger charge is -2.21. The van der Waals surface area contributed by atoms with Gasteiger partial charge in [-0.05, 0) is 36.6 Å². The summed E-state index contributed by atoms with van der Waals surface area (Å²) in [4.78, 5) is 13.0. The molecule has 0 spiro atoms. The summed E-state index contributed by atoms with van der Waals surface area (Å²) in [7, 11) is -1.40. The van der Waals surface area contributed by atoms with Crippen LogP contribution in [0, 0.1) is 0 Å². The van der Waals surface area contributed by atoms with Crippen LogP contribution in [0.2, 0.25) is 0 Å². The first-order valence-electron chi connectivity index (χ1n) is 7.72. The van der Waals surface area contributed by atoms with Crippen molar-refractivity contribution in [1.29, 1.82) is 0 Å². The molecule has 1 N–H and O–H groups in total. The van der Waals surface area contributed by atoms with Crippen LogP contribution in [0.15, 0.2) is 63.1 Å². The van der Waals surface area contributed by atoms with Crippen molar-refractivity contribution in [2.75, 3.05) is 17.6 Å². The third-order valence-electron chi connectivity index (χ3n) is 4.27. The second-order valence-electron chi connectivity index (χ2n) is 5.73. The molecule has 1 aromatic heterocycles. The lowest BCUT2D eigenvalue weighted by atomic mass is 10.2. The Morgan fingerprint density at radius 3 is 2.38 bits per heavy atom. The average Bonchev–Trinajstić information content (AvgIpc) is 2.65. The molecule has 0 aliphatic carbocycles. The van der Waals surface area contributed by atoms with Crippen LogP contribution >= 0.6 is 11.8 Å². The molecule has 26 heavy (non-hydrogen) atoms. The van der Waals surface area contributed by atoms with Crippen molar-refractivity contribution in [1.82, 2.24) is 4.57 Å². The number of aromatic nitrogens is 1. The summed E-state index contributed by atoms with van der Waals surface area (Å²) in [6.07, 6.45) is 1.88. The van der Waals surface area contributed by atoms with Gasteiger partial charge in [0.1, 0.15) is 0 Å². The molecule has 0 saturated carbocycles. The summed E-state index contributed by atoms with van der Waals surface area (Å²) in [5.74, 6) is -0.526. The largest absolute Gasteiger partial charge is 0.506 e. The van der Waals surface area contributed by atoms with Crippen molar-refractivity contribution < 1.29 is 13.5 Å². The van der Waals surface area contributed by atoms with E-state index in [9.17, 15) is 18.3 Å². The molecule has 1 heterocycles. The molecule has 136 valence electrons. The molecule has 0 atom stereocenters. The van der Waals surface area contributed by atoms with E-state index in [1.54, 1.807) is 42.5 Å². The maximum Gasteiger partial charge on any atom is 0.275 e. The van der Waals surface area contributed by atoms with Crippen LogP contribution in [0.4, 0.5) is 5.69 Å². The van der Waals surface area contributed by atoms with Crippen LogP contribution < -0.4 is 9.86 Å². The third-order valence-corrected chi connectivity index (χ3v) is 6.81. The van der Waals surface area contributed by atoms with Gasteiger partial charge < -0.3 is 9.67 Å². The molecule has 3 aromatic rings. The molecule has 0 amide bonds. The number of aromatic hydroxyl groups is 1. The predicted molar refractivity (Wildman–Crippen MR) is 105 cm³/mol. The molecule has 0 aliphatic rings. The van der Waals surface area contributed by atoms with E-state index in [1.807, 2.05) is 12.3 Å². The van der Waals surface area contributed by atoms with Gasteiger partial charge in [-0.1, -0.05) is 18.2 Å². The summed E-state index contributed by atoms with van der Waals surface area (Å²) >= 11 is 1.46. The fraction of sp³-hybridized carbons (Fsp3) is 0.167. The van der Waals surface area contributed by atoms with Crippen molar-refractivity contribution >= 4 is 38.4 Å². The number of thioether (sulfide) groups is 1. The zero-order chi connectivity index (χ0) is 19.1.